The molecule has 1 aromatic carbocycles. The standard InChI is InChI=1S/C15H21ClN4O.2ClH/c16-12-1-3-13(4-2-12)20-11-18-14(21)15(20)5-8-19(9-6-15)10-7-17;;/h1-4H,5-11,17H2,(H,18,21);2*1H. The predicted molar refractivity (Wildman–Crippen MR) is 98.9 cm³/mol. The molecule has 0 aromatic heterocycles. The summed E-state index contributed by atoms with van der Waals surface area (Å²) < 4.78 is 0. The maximum atomic E-state index is 12.4. The molecule has 130 valence electrons. The largest absolute Gasteiger partial charge is 0.339 e. The third-order valence-electron chi connectivity index (χ3n) is 4.60. The SMILES string of the molecule is Cl.Cl.NCCN1CCC2(CC1)C(=O)NCN2c1ccc(Cl)cc1. The van der Waals surface area contributed by atoms with E-state index in [0.29, 0.717) is 18.2 Å². The number of carbonyl (C=O) groups excluding carboxylic acids is 1. The minimum atomic E-state index is -0.418. The fourth-order valence-corrected chi connectivity index (χ4v) is 3.50. The van der Waals surface area contributed by atoms with E-state index in [0.717, 1.165) is 38.2 Å². The normalized spacial score (nSPS) is 19.9. The van der Waals surface area contributed by atoms with E-state index in [2.05, 4.69) is 15.1 Å². The Morgan fingerprint density at radius 1 is 1.17 bits per heavy atom. The van der Waals surface area contributed by atoms with Crippen LogP contribution in [-0.2, 0) is 4.79 Å². The van der Waals surface area contributed by atoms with E-state index in [9.17, 15) is 4.79 Å². The zero-order valence-electron chi connectivity index (χ0n) is 12.8. The van der Waals surface area contributed by atoms with Crippen molar-refractivity contribution in [3.8, 4) is 0 Å². The van der Waals surface area contributed by atoms with Crippen LogP contribution in [-0.4, -0.2) is 49.2 Å². The number of nitrogens with one attached hydrogen (secondary N) is 1. The number of piperidine rings is 1. The second-order valence-electron chi connectivity index (χ2n) is 5.73. The van der Waals surface area contributed by atoms with Gasteiger partial charge in [-0.1, -0.05) is 11.6 Å². The van der Waals surface area contributed by atoms with Crippen LogP contribution in [0.2, 0.25) is 5.02 Å². The van der Waals surface area contributed by atoms with Crippen LogP contribution in [0.15, 0.2) is 24.3 Å². The molecule has 0 saturated carbocycles. The lowest BCUT2D eigenvalue weighted by Crippen LogP contribution is -2.56. The van der Waals surface area contributed by atoms with Crippen LogP contribution >= 0.6 is 36.4 Å². The number of benzene rings is 1. The van der Waals surface area contributed by atoms with E-state index in [1.54, 1.807) is 0 Å². The lowest BCUT2D eigenvalue weighted by Gasteiger charge is -2.43. The summed E-state index contributed by atoms with van der Waals surface area (Å²) in [6, 6.07) is 7.71. The number of hydrogen-bond acceptors (Lipinski definition) is 4. The van der Waals surface area contributed by atoms with Gasteiger partial charge in [0.2, 0.25) is 5.91 Å². The van der Waals surface area contributed by atoms with Crippen molar-refractivity contribution in [2.24, 2.45) is 5.73 Å². The summed E-state index contributed by atoms with van der Waals surface area (Å²) in [6.07, 6.45) is 1.67. The van der Waals surface area contributed by atoms with Gasteiger partial charge in [0.25, 0.3) is 0 Å². The van der Waals surface area contributed by atoms with E-state index in [1.165, 1.54) is 0 Å². The van der Waals surface area contributed by atoms with Crippen LogP contribution in [0.4, 0.5) is 5.69 Å². The highest BCUT2D eigenvalue weighted by Gasteiger charge is 2.50. The Morgan fingerprint density at radius 2 is 1.78 bits per heavy atom. The number of anilines is 1. The first-order valence-electron chi connectivity index (χ1n) is 7.40. The molecule has 2 heterocycles. The molecule has 2 fully saturated rings. The molecule has 2 saturated heterocycles. The molecule has 2 aliphatic heterocycles. The third-order valence-corrected chi connectivity index (χ3v) is 4.86. The van der Waals surface area contributed by atoms with Crippen LogP contribution in [0, 0.1) is 0 Å². The number of nitrogens with two attached hydrogens (primary N) is 1. The van der Waals surface area contributed by atoms with Gasteiger partial charge in [0.15, 0.2) is 0 Å². The Morgan fingerprint density at radius 3 is 2.35 bits per heavy atom. The van der Waals surface area contributed by atoms with Gasteiger partial charge >= 0.3 is 0 Å². The van der Waals surface area contributed by atoms with E-state index in [4.69, 9.17) is 17.3 Å². The number of hydrogen-bond donors (Lipinski definition) is 2. The molecular formula is C15H23Cl3N4O. The Labute approximate surface area is 154 Å². The minimum Gasteiger partial charge on any atom is -0.339 e. The van der Waals surface area contributed by atoms with Gasteiger partial charge in [-0.25, -0.2) is 0 Å². The predicted octanol–water partition coefficient (Wildman–Crippen LogP) is 1.87. The van der Waals surface area contributed by atoms with Crippen molar-refractivity contribution in [1.82, 2.24) is 10.2 Å². The minimum absolute atomic E-state index is 0. The molecule has 23 heavy (non-hydrogen) atoms. The topological polar surface area (TPSA) is 61.6 Å². The molecule has 0 bridgehead atoms. The first kappa shape index (κ1) is 20.3. The summed E-state index contributed by atoms with van der Waals surface area (Å²) in [5.74, 6) is 0.143. The van der Waals surface area contributed by atoms with E-state index >= 15 is 0 Å². The van der Waals surface area contributed by atoms with Gasteiger partial charge in [-0.2, -0.15) is 0 Å². The Hall–Kier alpha value is -0.720. The quantitative estimate of drug-likeness (QED) is 0.839. The lowest BCUT2D eigenvalue weighted by atomic mass is 9.85. The number of halogens is 3. The van der Waals surface area contributed by atoms with Gasteiger partial charge in [-0.05, 0) is 37.1 Å². The fraction of sp³-hybridized carbons (Fsp3) is 0.533. The van der Waals surface area contributed by atoms with Crippen molar-refractivity contribution in [1.29, 1.82) is 0 Å². The van der Waals surface area contributed by atoms with E-state index in [1.807, 2.05) is 24.3 Å². The second-order valence-corrected chi connectivity index (χ2v) is 6.17. The van der Waals surface area contributed by atoms with Crippen LogP contribution in [0.1, 0.15) is 12.8 Å². The Balaban J connectivity index is 0.00000132. The van der Waals surface area contributed by atoms with Crippen LogP contribution < -0.4 is 16.0 Å². The van der Waals surface area contributed by atoms with Gasteiger partial charge in [-0.15, -0.1) is 24.8 Å². The summed E-state index contributed by atoms with van der Waals surface area (Å²) in [5, 5.41) is 3.71. The summed E-state index contributed by atoms with van der Waals surface area (Å²) in [7, 11) is 0. The molecule has 0 atom stereocenters. The van der Waals surface area contributed by atoms with Crippen molar-refractivity contribution in [2.45, 2.75) is 18.4 Å². The zero-order valence-corrected chi connectivity index (χ0v) is 15.2. The molecule has 0 radical (unpaired) electrons. The molecule has 0 aliphatic carbocycles. The monoisotopic (exact) mass is 380 g/mol. The second kappa shape index (κ2) is 8.40. The van der Waals surface area contributed by atoms with Crippen molar-refractivity contribution >= 4 is 48.0 Å². The Bertz CT molecular complexity index is 518. The molecule has 1 aromatic rings. The highest BCUT2D eigenvalue weighted by Crippen LogP contribution is 2.36. The molecular weight excluding hydrogens is 359 g/mol. The summed E-state index contributed by atoms with van der Waals surface area (Å²) in [6.45, 7) is 3.96. The van der Waals surface area contributed by atoms with E-state index in [-0.39, 0.29) is 30.7 Å². The van der Waals surface area contributed by atoms with Gasteiger partial charge in [-0.3, -0.25) is 4.79 Å². The first-order valence-corrected chi connectivity index (χ1v) is 7.77. The summed E-state index contributed by atoms with van der Waals surface area (Å²) >= 11 is 5.96. The van der Waals surface area contributed by atoms with Gasteiger partial charge in [0.1, 0.15) is 5.54 Å². The molecule has 3 N–H and O–H groups in total. The third kappa shape index (κ3) is 3.86. The smallest absolute Gasteiger partial charge is 0.247 e. The lowest BCUT2D eigenvalue weighted by molar-refractivity contribution is -0.125. The van der Waals surface area contributed by atoms with Gasteiger partial charge < -0.3 is 20.9 Å². The highest BCUT2D eigenvalue weighted by atomic mass is 35.5. The van der Waals surface area contributed by atoms with Crippen LogP contribution in [0.25, 0.3) is 0 Å². The van der Waals surface area contributed by atoms with Crippen molar-refractivity contribution in [3.63, 3.8) is 0 Å². The summed E-state index contributed by atoms with van der Waals surface area (Å²) in [4.78, 5) is 17.0. The summed E-state index contributed by atoms with van der Waals surface area (Å²) in [5.41, 5.74) is 6.25. The van der Waals surface area contributed by atoms with E-state index < -0.39 is 5.54 Å². The highest BCUT2D eigenvalue weighted by molar-refractivity contribution is 6.30. The van der Waals surface area contributed by atoms with Gasteiger partial charge in [0.05, 0.1) is 6.67 Å². The van der Waals surface area contributed by atoms with Crippen molar-refractivity contribution in [3.05, 3.63) is 29.3 Å². The first-order chi connectivity index (χ1) is 10.2. The Kier molecular flexibility index (Phi) is 7.42. The van der Waals surface area contributed by atoms with Crippen molar-refractivity contribution < 1.29 is 4.79 Å². The maximum Gasteiger partial charge on any atom is 0.247 e. The molecule has 0 unspecified atom stereocenters. The molecule has 1 spiro atoms. The fourth-order valence-electron chi connectivity index (χ4n) is 3.37. The number of nitrogens with zero attached hydrogens (tertiary/aromatic N) is 2. The average molecular weight is 382 g/mol. The molecule has 2 aliphatic rings. The van der Waals surface area contributed by atoms with Crippen LogP contribution in [0.5, 0.6) is 0 Å². The average Bonchev–Trinajstić information content (AvgIpc) is 2.80. The number of likely N-dealkylation sites (tertiary alicyclic amines) is 1. The molecule has 5 nitrogen and oxygen atoms in total. The maximum absolute atomic E-state index is 12.4. The zero-order chi connectivity index (χ0) is 14.9. The molecule has 3 rings (SSSR count). The van der Waals surface area contributed by atoms with Gasteiger partial charge in [0, 0.05) is 36.9 Å². The number of carbonyl (C=O) groups is 1. The van der Waals surface area contributed by atoms with Crippen LogP contribution in [0.3, 0.4) is 0 Å². The van der Waals surface area contributed by atoms with Crippen molar-refractivity contribution in [2.75, 3.05) is 37.7 Å². The number of amides is 1. The molecule has 1 amide bonds. The number of rotatable bonds is 3. The molecule has 8 heteroatoms.